The van der Waals surface area contributed by atoms with Crippen LogP contribution in [0.3, 0.4) is 0 Å². The second kappa shape index (κ2) is 5.95. The summed E-state index contributed by atoms with van der Waals surface area (Å²) in [7, 11) is 0. The van der Waals surface area contributed by atoms with Crippen molar-refractivity contribution in [3.05, 3.63) is 48.5 Å². The molecule has 2 aromatic carbocycles. The van der Waals surface area contributed by atoms with Gasteiger partial charge in [0.05, 0.1) is 23.7 Å². The lowest BCUT2D eigenvalue weighted by Gasteiger charge is -2.10. The summed E-state index contributed by atoms with van der Waals surface area (Å²) in [6.45, 7) is 0.0519. The molecule has 0 bridgehead atoms. The zero-order valence-corrected chi connectivity index (χ0v) is 11.5. The molecule has 3 rings (SSSR count). The summed E-state index contributed by atoms with van der Waals surface area (Å²) in [6.07, 6.45) is -0.764. The molecule has 1 heterocycles. The van der Waals surface area contributed by atoms with E-state index in [1.54, 1.807) is 0 Å². The number of aromatic nitrogens is 2. The second-order valence-corrected chi connectivity index (χ2v) is 4.90. The molecule has 3 aromatic rings. The normalized spacial score (nSPS) is 12.5. The molecule has 0 amide bonds. The molecule has 1 unspecified atom stereocenters. The van der Waals surface area contributed by atoms with Crippen LogP contribution >= 0.6 is 0 Å². The molecule has 1 aromatic heterocycles. The molecule has 5 heteroatoms. The fourth-order valence-corrected chi connectivity index (χ4v) is 2.17. The van der Waals surface area contributed by atoms with Gasteiger partial charge in [-0.3, -0.25) is 0 Å². The number of aliphatic hydroxyl groups is 2. The third-order valence-electron chi connectivity index (χ3n) is 3.28. The van der Waals surface area contributed by atoms with Crippen molar-refractivity contribution in [1.29, 1.82) is 0 Å². The number of para-hydroxylation sites is 2. The van der Waals surface area contributed by atoms with Gasteiger partial charge in [0.2, 0.25) is 0 Å². The minimum atomic E-state index is -0.764. The number of hydrogen-bond donors (Lipinski definition) is 4. The summed E-state index contributed by atoms with van der Waals surface area (Å²) in [5.41, 5.74) is 3.78. The fraction of sp³-hybridized carbons (Fsp3) is 0.188. The summed E-state index contributed by atoms with van der Waals surface area (Å²) in [5, 5.41) is 21.3. The zero-order chi connectivity index (χ0) is 14.7. The quantitative estimate of drug-likeness (QED) is 0.577. The van der Waals surface area contributed by atoms with Crippen molar-refractivity contribution in [2.24, 2.45) is 0 Å². The minimum Gasteiger partial charge on any atom is -0.394 e. The van der Waals surface area contributed by atoms with Crippen LogP contribution in [0.15, 0.2) is 48.5 Å². The number of aliphatic hydroxyl groups excluding tert-OH is 2. The Kier molecular flexibility index (Phi) is 3.85. The first-order valence-electron chi connectivity index (χ1n) is 6.84. The molecule has 1 atom stereocenters. The summed E-state index contributed by atoms with van der Waals surface area (Å²) in [4.78, 5) is 7.85. The molecule has 0 aliphatic carbocycles. The van der Waals surface area contributed by atoms with E-state index in [1.165, 1.54) is 0 Å². The predicted molar refractivity (Wildman–Crippen MR) is 83.1 cm³/mol. The van der Waals surface area contributed by atoms with Crippen molar-refractivity contribution in [3.8, 4) is 11.4 Å². The van der Waals surface area contributed by atoms with Gasteiger partial charge in [-0.15, -0.1) is 0 Å². The van der Waals surface area contributed by atoms with Gasteiger partial charge in [0, 0.05) is 17.8 Å². The van der Waals surface area contributed by atoms with Crippen LogP contribution in [0.4, 0.5) is 5.69 Å². The van der Waals surface area contributed by atoms with Crippen LogP contribution in [0.2, 0.25) is 0 Å². The highest BCUT2D eigenvalue weighted by Crippen LogP contribution is 2.22. The number of nitrogens with zero attached hydrogens (tertiary/aromatic N) is 1. The van der Waals surface area contributed by atoms with Gasteiger partial charge in [-0.25, -0.2) is 4.98 Å². The molecule has 0 spiro atoms. The van der Waals surface area contributed by atoms with E-state index < -0.39 is 6.10 Å². The predicted octanol–water partition coefficient (Wildman–Crippen LogP) is 1.99. The fourth-order valence-electron chi connectivity index (χ4n) is 2.17. The number of hydrogen-bond acceptors (Lipinski definition) is 4. The van der Waals surface area contributed by atoms with E-state index in [0.29, 0.717) is 6.54 Å². The van der Waals surface area contributed by atoms with Gasteiger partial charge in [0.25, 0.3) is 0 Å². The van der Waals surface area contributed by atoms with E-state index in [4.69, 9.17) is 5.11 Å². The van der Waals surface area contributed by atoms with Gasteiger partial charge in [0.1, 0.15) is 5.82 Å². The summed E-state index contributed by atoms with van der Waals surface area (Å²) in [5.74, 6) is 0.808. The van der Waals surface area contributed by atoms with Crippen LogP contribution in [0.5, 0.6) is 0 Å². The minimum absolute atomic E-state index is 0.254. The molecule has 0 aliphatic heterocycles. The number of fused-ring (bicyclic) bond motifs is 1. The van der Waals surface area contributed by atoms with Crippen molar-refractivity contribution in [1.82, 2.24) is 9.97 Å². The Morgan fingerprint density at radius 2 is 2.00 bits per heavy atom. The number of benzene rings is 2. The lowest BCUT2D eigenvalue weighted by Crippen LogP contribution is -2.22. The molecule has 21 heavy (non-hydrogen) atoms. The van der Waals surface area contributed by atoms with Crippen LogP contribution in [-0.2, 0) is 0 Å². The smallest absolute Gasteiger partial charge is 0.138 e. The molecule has 0 saturated carbocycles. The molecule has 108 valence electrons. The highest BCUT2D eigenvalue weighted by Gasteiger charge is 2.06. The highest BCUT2D eigenvalue weighted by molar-refractivity contribution is 5.79. The Bertz CT molecular complexity index is 706. The van der Waals surface area contributed by atoms with E-state index in [0.717, 1.165) is 28.1 Å². The molecular formula is C16H17N3O2. The van der Waals surface area contributed by atoms with Gasteiger partial charge in [-0.2, -0.15) is 0 Å². The second-order valence-electron chi connectivity index (χ2n) is 4.90. The van der Waals surface area contributed by atoms with Gasteiger partial charge in [0.15, 0.2) is 0 Å². The summed E-state index contributed by atoms with van der Waals surface area (Å²) >= 11 is 0. The number of anilines is 1. The first-order chi connectivity index (χ1) is 10.3. The monoisotopic (exact) mass is 283 g/mol. The van der Waals surface area contributed by atoms with Gasteiger partial charge in [-0.05, 0) is 24.3 Å². The molecule has 4 N–H and O–H groups in total. The van der Waals surface area contributed by atoms with E-state index in [9.17, 15) is 5.11 Å². The SMILES string of the molecule is OCC(O)CNc1cccc(-c2nc3ccccc3[nH]2)c1. The van der Waals surface area contributed by atoms with E-state index in [-0.39, 0.29) is 6.61 Å². The van der Waals surface area contributed by atoms with Crippen molar-refractivity contribution in [2.75, 3.05) is 18.5 Å². The third kappa shape index (κ3) is 3.04. The van der Waals surface area contributed by atoms with Crippen LogP contribution in [0.1, 0.15) is 0 Å². The van der Waals surface area contributed by atoms with E-state index in [2.05, 4.69) is 15.3 Å². The lowest BCUT2D eigenvalue weighted by atomic mass is 10.2. The maximum atomic E-state index is 9.37. The Labute approximate surface area is 122 Å². The van der Waals surface area contributed by atoms with Crippen molar-refractivity contribution in [3.63, 3.8) is 0 Å². The molecule has 0 saturated heterocycles. The molecule has 0 radical (unpaired) electrons. The number of nitrogens with one attached hydrogen (secondary N) is 2. The van der Waals surface area contributed by atoms with Crippen LogP contribution in [-0.4, -0.2) is 39.4 Å². The standard InChI is InChI=1S/C16H17N3O2/c20-10-13(21)9-17-12-5-3-4-11(8-12)16-18-14-6-1-2-7-15(14)19-16/h1-8,13,17,20-21H,9-10H2,(H,18,19). The van der Waals surface area contributed by atoms with Crippen LogP contribution in [0.25, 0.3) is 22.4 Å². The zero-order valence-electron chi connectivity index (χ0n) is 11.5. The van der Waals surface area contributed by atoms with Crippen LogP contribution in [0, 0.1) is 0 Å². The summed E-state index contributed by atoms with van der Waals surface area (Å²) in [6, 6.07) is 15.7. The third-order valence-corrected chi connectivity index (χ3v) is 3.28. The first-order valence-corrected chi connectivity index (χ1v) is 6.84. The summed E-state index contributed by atoms with van der Waals surface area (Å²) < 4.78 is 0. The van der Waals surface area contributed by atoms with E-state index >= 15 is 0 Å². The Balaban J connectivity index is 1.85. The van der Waals surface area contributed by atoms with Gasteiger partial charge >= 0.3 is 0 Å². The van der Waals surface area contributed by atoms with Crippen LogP contribution < -0.4 is 5.32 Å². The Morgan fingerprint density at radius 1 is 1.14 bits per heavy atom. The molecule has 0 aliphatic rings. The maximum Gasteiger partial charge on any atom is 0.138 e. The number of imidazole rings is 1. The number of aromatic amines is 1. The molecule has 5 nitrogen and oxygen atoms in total. The first kappa shape index (κ1) is 13.6. The topological polar surface area (TPSA) is 81.2 Å². The largest absolute Gasteiger partial charge is 0.394 e. The van der Waals surface area contributed by atoms with Crippen molar-refractivity contribution < 1.29 is 10.2 Å². The van der Waals surface area contributed by atoms with E-state index in [1.807, 2.05) is 48.5 Å². The average Bonchev–Trinajstić information content (AvgIpc) is 2.97. The average molecular weight is 283 g/mol. The maximum absolute atomic E-state index is 9.37. The van der Waals surface area contributed by atoms with Gasteiger partial charge < -0.3 is 20.5 Å². The Morgan fingerprint density at radius 3 is 2.81 bits per heavy atom. The molecular weight excluding hydrogens is 266 g/mol. The van der Waals surface area contributed by atoms with Crippen molar-refractivity contribution in [2.45, 2.75) is 6.10 Å². The van der Waals surface area contributed by atoms with Crippen molar-refractivity contribution >= 4 is 16.7 Å². The van der Waals surface area contributed by atoms with Gasteiger partial charge in [-0.1, -0.05) is 24.3 Å². The number of H-pyrrole nitrogens is 1. The highest BCUT2D eigenvalue weighted by atomic mass is 16.3. The lowest BCUT2D eigenvalue weighted by molar-refractivity contribution is 0.105. The molecule has 0 fully saturated rings. The number of rotatable bonds is 5. The Hall–Kier alpha value is -2.37.